The van der Waals surface area contributed by atoms with Crippen molar-refractivity contribution in [1.82, 2.24) is 14.8 Å². The zero-order chi connectivity index (χ0) is 26.7. The van der Waals surface area contributed by atoms with Crippen molar-refractivity contribution in [2.24, 2.45) is 12.8 Å². The first-order valence-electron chi connectivity index (χ1n) is 11.6. The van der Waals surface area contributed by atoms with Gasteiger partial charge in [0.25, 0.3) is 0 Å². The zero-order valence-corrected chi connectivity index (χ0v) is 21.0. The van der Waals surface area contributed by atoms with Crippen molar-refractivity contribution < 1.29 is 13.9 Å². The number of aromatic nitrogens is 3. The summed E-state index contributed by atoms with van der Waals surface area (Å²) in [5.41, 5.74) is 11.2. The number of primary amides is 1. The normalized spacial score (nSPS) is 11.5. The summed E-state index contributed by atoms with van der Waals surface area (Å²) in [6, 6.07) is 19.4. The molecule has 7 nitrogen and oxygen atoms in total. The van der Waals surface area contributed by atoms with E-state index >= 15 is 0 Å². The van der Waals surface area contributed by atoms with Crippen molar-refractivity contribution in [3.05, 3.63) is 89.4 Å². The molecule has 0 aliphatic rings. The lowest BCUT2D eigenvalue weighted by molar-refractivity contribution is -0.119. The van der Waals surface area contributed by atoms with Gasteiger partial charge in [0.15, 0.2) is 0 Å². The zero-order valence-electron chi connectivity index (χ0n) is 21.0. The number of amides is 1. The van der Waals surface area contributed by atoms with Crippen LogP contribution in [0.15, 0.2) is 66.9 Å². The summed E-state index contributed by atoms with van der Waals surface area (Å²) in [7, 11) is 3.58. The molecular formula is C29H26FN5O2. The van der Waals surface area contributed by atoms with Crippen molar-refractivity contribution in [2.45, 2.75) is 19.8 Å². The second-order valence-electron chi connectivity index (χ2n) is 8.69. The summed E-state index contributed by atoms with van der Waals surface area (Å²) >= 11 is 0. The predicted molar refractivity (Wildman–Crippen MR) is 141 cm³/mol. The summed E-state index contributed by atoms with van der Waals surface area (Å²) in [6.45, 7) is 3.71. The number of halogens is 1. The van der Waals surface area contributed by atoms with E-state index < -0.39 is 5.91 Å². The SMILES string of the molecule is CC(C(N)=O)c1ccc(F)cc1.COc1cc2ncc3c(c(-c4ccc(C#N)cc4)nn3C)c2cc1C. The Bertz CT molecular complexity index is 1630. The van der Waals surface area contributed by atoms with E-state index in [2.05, 4.69) is 17.1 Å². The number of methoxy groups -OCH3 is 1. The van der Waals surface area contributed by atoms with Gasteiger partial charge in [-0.05, 0) is 55.3 Å². The molecule has 0 fully saturated rings. The van der Waals surface area contributed by atoms with Crippen LogP contribution in [-0.4, -0.2) is 27.8 Å². The first-order chi connectivity index (χ1) is 17.7. The molecule has 2 aromatic heterocycles. The third-order valence-electron chi connectivity index (χ3n) is 6.28. The Hall–Kier alpha value is -4.77. The third-order valence-corrected chi connectivity index (χ3v) is 6.28. The van der Waals surface area contributed by atoms with Gasteiger partial charge in [0.1, 0.15) is 17.3 Å². The summed E-state index contributed by atoms with van der Waals surface area (Å²) in [5, 5.41) is 15.8. The van der Waals surface area contributed by atoms with Crippen molar-refractivity contribution in [3.8, 4) is 23.1 Å². The highest BCUT2D eigenvalue weighted by Gasteiger charge is 2.16. The summed E-state index contributed by atoms with van der Waals surface area (Å²) in [6.07, 6.45) is 1.84. The number of nitrogens with two attached hydrogens (primary N) is 1. The average Bonchev–Trinajstić information content (AvgIpc) is 3.25. The predicted octanol–water partition coefficient (Wildman–Crippen LogP) is 5.39. The number of hydrogen-bond acceptors (Lipinski definition) is 5. The highest BCUT2D eigenvalue weighted by Crippen LogP contribution is 2.35. The maximum atomic E-state index is 12.4. The van der Waals surface area contributed by atoms with Gasteiger partial charge in [-0.1, -0.05) is 24.3 Å². The van der Waals surface area contributed by atoms with Gasteiger partial charge < -0.3 is 10.5 Å². The smallest absolute Gasteiger partial charge is 0.224 e. The van der Waals surface area contributed by atoms with E-state index in [1.165, 1.54) is 12.1 Å². The summed E-state index contributed by atoms with van der Waals surface area (Å²) < 4.78 is 19.7. The fourth-order valence-electron chi connectivity index (χ4n) is 4.11. The molecule has 37 heavy (non-hydrogen) atoms. The average molecular weight is 496 g/mol. The molecule has 0 aliphatic carbocycles. The minimum Gasteiger partial charge on any atom is -0.496 e. The molecule has 1 unspecified atom stereocenters. The first-order valence-corrected chi connectivity index (χ1v) is 11.6. The van der Waals surface area contributed by atoms with Crippen molar-refractivity contribution in [1.29, 1.82) is 5.26 Å². The number of pyridine rings is 1. The number of nitrogens with zero attached hydrogens (tertiary/aromatic N) is 4. The molecule has 2 N–H and O–H groups in total. The first kappa shape index (κ1) is 25.3. The molecule has 0 radical (unpaired) electrons. The van der Waals surface area contributed by atoms with Gasteiger partial charge in [-0.3, -0.25) is 14.5 Å². The number of nitriles is 1. The molecule has 0 saturated carbocycles. The molecule has 5 rings (SSSR count). The Morgan fingerprint density at radius 2 is 1.81 bits per heavy atom. The highest BCUT2D eigenvalue weighted by atomic mass is 19.1. The molecule has 0 bridgehead atoms. The van der Waals surface area contributed by atoms with Gasteiger partial charge in [-0.2, -0.15) is 10.4 Å². The summed E-state index contributed by atoms with van der Waals surface area (Å²) in [4.78, 5) is 15.3. The van der Waals surface area contributed by atoms with E-state index in [0.717, 1.165) is 49.9 Å². The fraction of sp³-hybridized carbons (Fsp3) is 0.172. The van der Waals surface area contributed by atoms with Gasteiger partial charge in [0.05, 0.1) is 41.9 Å². The Kier molecular flexibility index (Phi) is 7.16. The molecule has 5 aromatic rings. The van der Waals surface area contributed by atoms with Crippen LogP contribution in [-0.2, 0) is 11.8 Å². The minimum absolute atomic E-state index is 0.310. The third kappa shape index (κ3) is 5.11. The fourth-order valence-corrected chi connectivity index (χ4v) is 4.11. The van der Waals surface area contributed by atoms with Crippen LogP contribution >= 0.6 is 0 Å². The van der Waals surface area contributed by atoms with Crippen LogP contribution in [0.4, 0.5) is 4.39 Å². The minimum atomic E-state index is -0.401. The molecule has 1 atom stereocenters. The Labute approximate surface area is 213 Å². The van der Waals surface area contributed by atoms with Crippen LogP contribution in [0.1, 0.15) is 29.5 Å². The van der Waals surface area contributed by atoms with Crippen LogP contribution in [0.2, 0.25) is 0 Å². The van der Waals surface area contributed by atoms with E-state index in [9.17, 15) is 9.18 Å². The van der Waals surface area contributed by atoms with Crippen LogP contribution < -0.4 is 10.5 Å². The Morgan fingerprint density at radius 1 is 1.14 bits per heavy atom. The quantitative estimate of drug-likeness (QED) is 0.360. The number of fused-ring (bicyclic) bond motifs is 3. The number of rotatable bonds is 4. The van der Waals surface area contributed by atoms with Crippen molar-refractivity contribution in [3.63, 3.8) is 0 Å². The lowest BCUT2D eigenvalue weighted by atomic mass is 10.0. The van der Waals surface area contributed by atoms with Crippen LogP contribution in [0, 0.1) is 24.1 Å². The van der Waals surface area contributed by atoms with Crippen molar-refractivity contribution in [2.75, 3.05) is 7.11 Å². The number of hydrogen-bond donors (Lipinski definition) is 1. The molecule has 8 heteroatoms. The van der Waals surface area contributed by atoms with Gasteiger partial charge in [0.2, 0.25) is 5.91 Å². The second-order valence-corrected chi connectivity index (χ2v) is 8.69. The highest BCUT2D eigenvalue weighted by molar-refractivity contribution is 6.11. The number of benzene rings is 3. The Balaban J connectivity index is 0.000000225. The standard InChI is InChI=1S/C20H16N4O.C9H10FNO/c1-12-8-15-16(9-18(12)25-3)22-11-17-19(15)20(23-24(17)2)14-6-4-13(10-21)5-7-14;1-6(9(11)12)7-2-4-8(10)5-3-7/h4-9,11H,1-3H3;2-6H,1H3,(H2,11,12). The molecule has 3 aromatic carbocycles. The monoisotopic (exact) mass is 495 g/mol. The van der Waals surface area contributed by atoms with Crippen LogP contribution in [0.25, 0.3) is 33.1 Å². The van der Waals surface area contributed by atoms with E-state index in [-0.39, 0.29) is 11.7 Å². The van der Waals surface area contributed by atoms with E-state index in [1.54, 1.807) is 26.2 Å². The van der Waals surface area contributed by atoms with Gasteiger partial charge in [0, 0.05) is 29.4 Å². The molecule has 0 aliphatic heterocycles. The van der Waals surface area contributed by atoms with Gasteiger partial charge in [-0.25, -0.2) is 4.39 Å². The molecule has 186 valence electrons. The van der Waals surface area contributed by atoms with E-state index in [4.69, 9.17) is 20.8 Å². The lowest BCUT2D eigenvalue weighted by Crippen LogP contribution is -2.18. The maximum absolute atomic E-state index is 12.4. The Morgan fingerprint density at radius 3 is 2.41 bits per heavy atom. The molecule has 0 spiro atoms. The topological polar surface area (TPSA) is 107 Å². The van der Waals surface area contributed by atoms with Gasteiger partial charge >= 0.3 is 0 Å². The van der Waals surface area contributed by atoms with Crippen molar-refractivity contribution >= 4 is 27.7 Å². The van der Waals surface area contributed by atoms with Crippen LogP contribution in [0.3, 0.4) is 0 Å². The van der Waals surface area contributed by atoms with E-state index in [0.29, 0.717) is 5.56 Å². The molecule has 0 saturated heterocycles. The molecule has 1 amide bonds. The molecule has 2 heterocycles. The van der Waals surface area contributed by atoms with Crippen LogP contribution in [0.5, 0.6) is 5.75 Å². The summed E-state index contributed by atoms with van der Waals surface area (Å²) in [5.74, 6) is -0.245. The number of ether oxygens (including phenoxy) is 1. The second kappa shape index (κ2) is 10.5. The largest absolute Gasteiger partial charge is 0.496 e. The number of carbonyl (C=O) groups is 1. The number of carbonyl (C=O) groups excluding carboxylic acids is 1. The maximum Gasteiger partial charge on any atom is 0.224 e. The molecular weight excluding hydrogens is 469 g/mol. The lowest BCUT2D eigenvalue weighted by Gasteiger charge is -2.08. The van der Waals surface area contributed by atoms with E-state index in [1.807, 2.05) is 55.2 Å². The van der Waals surface area contributed by atoms with Gasteiger partial charge in [-0.15, -0.1) is 0 Å². The number of aryl methyl sites for hydroxylation is 2.